The van der Waals surface area contributed by atoms with Crippen molar-refractivity contribution in [3.63, 3.8) is 0 Å². The van der Waals surface area contributed by atoms with Crippen molar-refractivity contribution >= 4 is 17.6 Å². The second-order valence-corrected chi connectivity index (χ2v) is 8.90. The highest BCUT2D eigenvalue weighted by atomic mass is 16.2. The predicted molar refractivity (Wildman–Crippen MR) is 133 cm³/mol. The van der Waals surface area contributed by atoms with Gasteiger partial charge in [0.1, 0.15) is 11.9 Å². The van der Waals surface area contributed by atoms with Gasteiger partial charge in [-0.3, -0.25) is 9.59 Å². The Bertz CT molecular complexity index is 1280. The Morgan fingerprint density at radius 2 is 1.57 bits per heavy atom. The highest BCUT2D eigenvalue weighted by Crippen LogP contribution is 2.37. The van der Waals surface area contributed by atoms with E-state index in [-0.39, 0.29) is 0 Å². The molecule has 2 aliphatic rings. The second kappa shape index (κ2) is 9.98. The summed E-state index contributed by atoms with van der Waals surface area (Å²) in [6, 6.07) is 22.0. The normalized spacial score (nSPS) is 14.8. The van der Waals surface area contributed by atoms with Crippen LogP contribution in [0.4, 0.5) is 5.82 Å². The first-order chi connectivity index (χ1) is 17.2. The number of anilines is 1. The van der Waals surface area contributed by atoms with E-state index in [1.807, 2.05) is 48.5 Å². The molecule has 1 aromatic heterocycles. The Morgan fingerprint density at radius 1 is 0.914 bits per heavy atom. The number of nitrogens with one attached hydrogen (secondary N) is 1. The maximum Gasteiger partial charge on any atom is 0.312 e. The summed E-state index contributed by atoms with van der Waals surface area (Å²) in [6.07, 6.45) is 2.84. The summed E-state index contributed by atoms with van der Waals surface area (Å²) >= 11 is 0. The molecular formula is C28H27N5O2. The quantitative estimate of drug-likeness (QED) is 0.598. The number of nitrogens with zero attached hydrogens (tertiary/aromatic N) is 4. The first-order valence-electron chi connectivity index (χ1n) is 12.0. The lowest BCUT2D eigenvalue weighted by Gasteiger charge is -2.36. The number of pyridine rings is 1. The number of aromatic nitrogens is 1. The molecule has 2 aromatic carbocycles. The van der Waals surface area contributed by atoms with Crippen molar-refractivity contribution in [2.75, 3.05) is 31.1 Å². The second-order valence-electron chi connectivity index (χ2n) is 8.90. The minimum absolute atomic E-state index is 0.318. The third-order valence-electron chi connectivity index (χ3n) is 6.76. The molecule has 35 heavy (non-hydrogen) atoms. The van der Waals surface area contributed by atoms with Gasteiger partial charge in [-0.05, 0) is 36.0 Å². The average Bonchev–Trinajstić information content (AvgIpc) is 3.41. The van der Waals surface area contributed by atoms with Gasteiger partial charge in [0.15, 0.2) is 0 Å². The number of nitriles is 1. The van der Waals surface area contributed by atoms with Gasteiger partial charge in [-0.2, -0.15) is 5.26 Å². The molecule has 1 aliphatic heterocycles. The Balaban J connectivity index is 1.31. The Hall–Kier alpha value is -4.18. The number of piperazine rings is 1. The van der Waals surface area contributed by atoms with Crippen LogP contribution in [-0.4, -0.2) is 47.9 Å². The molecule has 0 unspecified atom stereocenters. The van der Waals surface area contributed by atoms with Crippen LogP contribution in [0.2, 0.25) is 0 Å². The molecule has 5 rings (SSSR count). The van der Waals surface area contributed by atoms with E-state index < -0.39 is 11.8 Å². The van der Waals surface area contributed by atoms with E-state index in [1.54, 1.807) is 4.90 Å². The van der Waals surface area contributed by atoms with Crippen LogP contribution < -0.4 is 10.2 Å². The van der Waals surface area contributed by atoms with Gasteiger partial charge < -0.3 is 15.1 Å². The molecule has 3 aromatic rings. The summed E-state index contributed by atoms with van der Waals surface area (Å²) in [7, 11) is 0. The highest BCUT2D eigenvalue weighted by Gasteiger charge is 2.30. The first kappa shape index (κ1) is 22.6. The van der Waals surface area contributed by atoms with Gasteiger partial charge in [-0.15, -0.1) is 0 Å². The van der Waals surface area contributed by atoms with Crippen molar-refractivity contribution in [1.29, 1.82) is 5.26 Å². The third kappa shape index (κ3) is 4.60. The molecule has 0 spiro atoms. The minimum Gasteiger partial charge on any atom is -0.352 e. The van der Waals surface area contributed by atoms with E-state index in [2.05, 4.69) is 28.4 Å². The topological polar surface area (TPSA) is 89.3 Å². The first-order valence-corrected chi connectivity index (χ1v) is 12.0. The molecular weight excluding hydrogens is 438 g/mol. The molecule has 1 fully saturated rings. The van der Waals surface area contributed by atoms with Gasteiger partial charge >= 0.3 is 11.8 Å². The van der Waals surface area contributed by atoms with Crippen molar-refractivity contribution in [1.82, 2.24) is 15.2 Å². The summed E-state index contributed by atoms with van der Waals surface area (Å²) in [4.78, 5) is 33.8. The molecule has 0 radical (unpaired) electrons. The van der Waals surface area contributed by atoms with Crippen LogP contribution in [0.25, 0.3) is 11.3 Å². The van der Waals surface area contributed by atoms with Gasteiger partial charge in [0.05, 0.1) is 11.3 Å². The molecule has 2 amide bonds. The molecule has 2 heterocycles. The predicted octanol–water partition coefficient (Wildman–Crippen LogP) is 3.07. The van der Waals surface area contributed by atoms with Crippen molar-refractivity contribution in [3.05, 3.63) is 82.9 Å². The number of hydrogen-bond acceptors (Lipinski definition) is 5. The fraction of sp³-hybridized carbons (Fsp3) is 0.286. The summed E-state index contributed by atoms with van der Waals surface area (Å²) in [5, 5.41) is 12.7. The van der Waals surface area contributed by atoms with E-state index >= 15 is 0 Å². The van der Waals surface area contributed by atoms with Crippen molar-refractivity contribution < 1.29 is 9.59 Å². The number of carbonyl (C=O) groups excluding carboxylic acids is 2. The Labute approximate surface area is 205 Å². The molecule has 0 bridgehead atoms. The van der Waals surface area contributed by atoms with E-state index in [0.717, 1.165) is 41.6 Å². The summed E-state index contributed by atoms with van der Waals surface area (Å²) in [5.41, 5.74) is 5.89. The van der Waals surface area contributed by atoms with Gasteiger partial charge in [0, 0.05) is 38.3 Å². The zero-order valence-electron chi connectivity index (χ0n) is 19.5. The maximum absolute atomic E-state index is 12.7. The number of carbonyl (C=O) groups is 2. The number of benzene rings is 2. The molecule has 7 heteroatoms. The summed E-state index contributed by atoms with van der Waals surface area (Å²) < 4.78 is 0. The van der Waals surface area contributed by atoms with Gasteiger partial charge in [-0.25, -0.2) is 4.98 Å². The lowest BCUT2D eigenvalue weighted by Crippen LogP contribution is -2.53. The molecule has 1 N–H and O–H groups in total. The van der Waals surface area contributed by atoms with Crippen molar-refractivity contribution in [3.8, 4) is 17.3 Å². The van der Waals surface area contributed by atoms with Crippen molar-refractivity contribution in [2.24, 2.45) is 0 Å². The highest BCUT2D eigenvalue weighted by molar-refractivity contribution is 6.35. The fourth-order valence-electron chi connectivity index (χ4n) is 4.95. The Morgan fingerprint density at radius 3 is 2.26 bits per heavy atom. The zero-order chi connectivity index (χ0) is 24.2. The van der Waals surface area contributed by atoms with Gasteiger partial charge in [0.25, 0.3) is 0 Å². The van der Waals surface area contributed by atoms with Crippen molar-refractivity contribution in [2.45, 2.75) is 25.8 Å². The molecule has 0 atom stereocenters. The lowest BCUT2D eigenvalue weighted by atomic mass is 9.98. The molecule has 7 nitrogen and oxygen atoms in total. The average molecular weight is 466 g/mol. The number of amides is 2. The lowest BCUT2D eigenvalue weighted by molar-refractivity contribution is -0.146. The zero-order valence-corrected chi connectivity index (χ0v) is 19.5. The van der Waals surface area contributed by atoms with Crippen LogP contribution in [0.1, 0.15) is 28.7 Å². The number of fused-ring (bicyclic) bond motifs is 1. The number of rotatable bonds is 4. The van der Waals surface area contributed by atoms with Gasteiger partial charge in [0.2, 0.25) is 0 Å². The van der Waals surface area contributed by atoms with Crippen LogP contribution in [0, 0.1) is 11.3 Å². The van der Waals surface area contributed by atoms with Crippen LogP contribution >= 0.6 is 0 Å². The summed E-state index contributed by atoms with van der Waals surface area (Å²) in [5.74, 6) is -0.428. The molecule has 176 valence electrons. The van der Waals surface area contributed by atoms with Crippen LogP contribution in [0.3, 0.4) is 0 Å². The number of hydrogen-bond donors (Lipinski definition) is 1. The van der Waals surface area contributed by atoms with E-state index in [4.69, 9.17) is 4.98 Å². The van der Waals surface area contributed by atoms with Crippen LogP contribution in [0.15, 0.2) is 60.7 Å². The van der Waals surface area contributed by atoms with E-state index in [9.17, 15) is 14.9 Å². The molecule has 0 saturated carbocycles. The van der Waals surface area contributed by atoms with E-state index in [1.165, 1.54) is 5.56 Å². The fourth-order valence-corrected chi connectivity index (χ4v) is 4.95. The maximum atomic E-state index is 12.7. The minimum atomic E-state index is -0.595. The van der Waals surface area contributed by atoms with Crippen LogP contribution in [0.5, 0.6) is 0 Å². The van der Waals surface area contributed by atoms with Gasteiger partial charge in [-0.1, -0.05) is 60.7 Å². The SMILES string of the molecule is N#Cc1c(N2CCN(C(=O)C(=O)NCc3ccccc3)CC2)nc(-c2ccccc2)c2c1CCC2. The van der Waals surface area contributed by atoms with E-state index in [0.29, 0.717) is 44.1 Å². The Kier molecular flexibility index (Phi) is 6.44. The van der Waals surface area contributed by atoms with Crippen LogP contribution in [-0.2, 0) is 29.0 Å². The third-order valence-corrected chi connectivity index (χ3v) is 6.76. The smallest absolute Gasteiger partial charge is 0.312 e. The monoisotopic (exact) mass is 465 g/mol. The summed E-state index contributed by atoms with van der Waals surface area (Å²) in [6.45, 7) is 2.17. The largest absolute Gasteiger partial charge is 0.352 e. The standard InChI is InChI=1S/C28H27N5O2/c29-18-24-22-12-7-13-23(22)25(21-10-5-2-6-11-21)31-26(24)32-14-16-33(17-15-32)28(35)27(34)30-19-20-8-3-1-4-9-20/h1-6,8-11H,7,12-17,19H2,(H,30,34). The molecule has 1 saturated heterocycles. The molecule has 1 aliphatic carbocycles.